The van der Waals surface area contributed by atoms with Gasteiger partial charge in [0.2, 0.25) is 0 Å². The number of hydrogen-bond donors (Lipinski definition) is 1. The van der Waals surface area contributed by atoms with Crippen molar-refractivity contribution in [3.63, 3.8) is 0 Å². The minimum Gasteiger partial charge on any atom is -0.487 e. The predicted molar refractivity (Wildman–Crippen MR) is 80.5 cm³/mol. The Kier molecular flexibility index (Phi) is 3.83. The molecule has 0 saturated carbocycles. The molecule has 4 heteroatoms. The molecule has 0 aliphatic carbocycles. The zero-order valence-corrected chi connectivity index (χ0v) is 12.0. The number of fused-ring (bicyclic) bond motifs is 1. The van der Waals surface area contributed by atoms with Crippen LogP contribution in [0.15, 0.2) is 30.3 Å². The molecule has 19 heavy (non-hydrogen) atoms. The van der Waals surface area contributed by atoms with Gasteiger partial charge in [0, 0.05) is 17.3 Å². The van der Waals surface area contributed by atoms with Crippen molar-refractivity contribution in [2.45, 2.75) is 18.9 Å². The van der Waals surface area contributed by atoms with Crippen molar-refractivity contribution in [2.24, 2.45) is 0 Å². The largest absolute Gasteiger partial charge is 0.487 e. The van der Waals surface area contributed by atoms with Crippen molar-refractivity contribution in [1.29, 1.82) is 0 Å². The average Bonchev–Trinajstić information content (AvgIpc) is 2.45. The molecule has 0 unspecified atom stereocenters. The van der Waals surface area contributed by atoms with Crippen LogP contribution in [0, 0.1) is 0 Å². The molecule has 0 spiro atoms. The number of nitrogens with one attached hydrogen (secondary N) is 1. The first-order valence-corrected chi connectivity index (χ1v) is 7.25. The highest BCUT2D eigenvalue weighted by Crippen LogP contribution is 2.38. The Morgan fingerprint density at radius 1 is 1.11 bits per heavy atom. The third-order valence-corrected chi connectivity index (χ3v) is 4.03. The highest BCUT2D eigenvalue weighted by atomic mass is 35.5. The van der Waals surface area contributed by atoms with Crippen LogP contribution in [0.2, 0.25) is 10.0 Å². The Morgan fingerprint density at radius 3 is 2.63 bits per heavy atom. The second-order valence-corrected chi connectivity index (χ2v) is 5.62. The first-order valence-electron chi connectivity index (χ1n) is 6.50. The van der Waals surface area contributed by atoms with Gasteiger partial charge in [-0.3, -0.25) is 0 Å². The lowest BCUT2D eigenvalue weighted by molar-refractivity contribution is 0.169. The Bertz CT molecular complexity index is 594. The quantitative estimate of drug-likeness (QED) is 0.893. The Labute approximate surface area is 122 Å². The summed E-state index contributed by atoms with van der Waals surface area (Å²) < 4.78 is 6.10. The van der Waals surface area contributed by atoms with Crippen LogP contribution in [0.4, 0.5) is 0 Å². The van der Waals surface area contributed by atoms with Crippen molar-refractivity contribution < 1.29 is 4.74 Å². The molecule has 2 nitrogen and oxygen atoms in total. The molecule has 2 aromatic rings. The van der Waals surface area contributed by atoms with Crippen LogP contribution in [0.25, 0.3) is 10.8 Å². The summed E-state index contributed by atoms with van der Waals surface area (Å²) in [6.45, 7) is 1.93. The maximum atomic E-state index is 6.30. The lowest BCUT2D eigenvalue weighted by Crippen LogP contribution is -2.37. The number of benzene rings is 2. The predicted octanol–water partition coefficient (Wildman–Crippen LogP) is 4.28. The van der Waals surface area contributed by atoms with Crippen molar-refractivity contribution in [2.75, 3.05) is 13.1 Å². The SMILES string of the molecule is Clc1cc(Cl)c2ccccc2c1O[C@@H]1CCCNC1. The molecule has 1 N–H and O–H groups in total. The summed E-state index contributed by atoms with van der Waals surface area (Å²) in [7, 11) is 0. The summed E-state index contributed by atoms with van der Waals surface area (Å²) in [6, 6.07) is 9.69. The summed E-state index contributed by atoms with van der Waals surface area (Å²) >= 11 is 12.5. The van der Waals surface area contributed by atoms with Gasteiger partial charge in [-0.1, -0.05) is 47.5 Å². The van der Waals surface area contributed by atoms with Gasteiger partial charge in [0.1, 0.15) is 11.9 Å². The number of hydrogen-bond acceptors (Lipinski definition) is 2. The van der Waals surface area contributed by atoms with E-state index < -0.39 is 0 Å². The number of ether oxygens (including phenoxy) is 1. The summed E-state index contributed by atoms with van der Waals surface area (Å²) in [5.74, 6) is 0.746. The minimum absolute atomic E-state index is 0.177. The molecule has 3 rings (SSSR count). The highest BCUT2D eigenvalue weighted by Gasteiger charge is 2.18. The normalized spacial score (nSPS) is 19.6. The smallest absolute Gasteiger partial charge is 0.146 e. The second-order valence-electron chi connectivity index (χ2n) is 4.80. The third kappa shape index (κ3) is 2.66. The van der Waals surface area contributed by atoms with Crippen molar-refractivity contribution in [3.8, 4) is 5.75 Å². The van der Waals surface area contributed by atoms with E-state index in [-0.39, 0.29) is 6.10 Å². The molecule has 0 radical (unpaired) electrons. The van der Waals surface area contributed by atoms with E-state index in [1.165, 1.54) is 0 Å². The molecular formula is C15H15Cl2NO. The molecule has 2 aromatic carbocycles. The van der Waals surface area contributed by atoms with Gasteiger partial charge in [0.05, 0.1) is 10.0 Å². The van der Waals surface area contributed by atoms with Gasteiger partial charge in [-0.25, -0.2) is 0 Å². The molecule has 0 amide bonds. The van der Waals surface area contributed by atoms with E-state index in [0.717, 1.165) is 42.5 Å². The zero-order valence-electron chi connectivity index (χ0n) is 10.5. The van der Waals surface area contributed by atoms with Crippen LogP contribution in [0.5, 0.6) is 5.75 Å². The van der Waals surface area contributed by atoms with E-state index in [2.05, 4.69) is 5.32 Å². The second kappa shape index (κ2) is 5.58. The van der Waals surface area contributed by atoms with Gasteiger partial charge in [-0.15, -0.1) is 0 Å². The van der Waals surface area contributed by atoms with E-state index in [9.17, 15) is 0 Å². The number of piperidine rings is 1. The molecular weight excluding hydrogens is 281 g/mol. The Balaban J connectivity index is 2.01. The van der Waals surface area contributed by atoms with Crippen molar-refractivity contribution >= 4 is 34.0 Å². The first-order chi connectivity index (χ1) is 9.25. The lowest BCUT2D eigenvalue weighted by Gasteiger charge is -2.25. The number of rotatable bonds is 2. The summed E-state index contributed by atoms with van der Waals surface area (Å²) in [5, 5.41) is 6.54. The molecule has 1 heterocycles. The molecule has 0 aromatic heterocycles. The summed E-state index contributed by atoms with van der Waals surface area (Å²) in [5.41, 5.74) is 0. The van der Waals surface area contributed by atoms with Gasteiger partial charge < -0.3 is 10.1 Å². The first kappa shape index (κ1) is 13.0. The molecule has 1 atom stereocenters. The Hall–Kier alpha value is -0.960. The highest BCUT2D eigenvalue weighted by molar-refractivity contribution is 6.39. The monoisotopic (exact) mass is 295 g/mol. The summed E-state index contributed by atoms with van der Waals surface area (Å²) in [6.07, 6.45) is 2.37. The molecule has 1 aliphatic heterocycles. The van der Waals surface area contributed by atoms with Gasteiger partial charge in [-0.05, 0) is 25.5 Å². The molecule has 1 saturated heterocycles. The van der Waals surface area contributed by atoms with Crippen molar-refractivity contribution in [1.82, 2.24) is 5.32 Å². The van der Waals surface area contributed by atoms with E-state index >= 15 is 0 Å². The van der Waals surface area contributed by atoms with Gasteiger partial charge in [0.25, 0.3) is 0 Å². The molecule has 100 valence electrons. The summed E-state index contributed by atoms with van der Waals surface area (Å²) in [4.78, 5) is 0. The maximum absolute atomic E-state index is 6.30. The minimum atomic E-state index is 0.177. The maximum Gasteiger partial charge on any atom is 0.146 e. The van der Waals surface area contributed by atoms with Gasteiger partial charge >= 0.3 is 0 Å². The average molecular weight is 296 g/mol. The fraction of sp³-hybridized carbons (Fsp3) is 0.333. The van der Waals surface area contributed by atoms with Crippen LogP contribution in [0.1, 0.15) is 12.8 Å². The third-order valence-electron chi connectivity index (χ3n) is 3.44. The fourth-order valence-electron chi connectivity index (χ4n) is 2.48. The van der Waals surface area contributed by atoms with E-state index in [1.54, 1.807) is 6.07 Å². The lowest BCUT2D eigenvalue weighted by atomic mass is 10.1. The zero-order chi connectivity index (χ0) is 13.2. The Morgan fingerprint density at radius 2 is 1.89 bits per heavy atom. The van der Waals surface area contributed by atoms with Crippen LogP contribution in [-0.4, -0.2) is 19.2 Å². The van der Waals surface area contributed by atoms with E-state index in [4.69, 9.17) is 27.9 Å². The molecule has 1 aliphatic rings. The van der Waals surface area contributed by atoms with E-state index in [1.807, 2.05) is 24.3 Å². The van der Waals surface area contributed by atoms with Crippen LogP contribution in [0.3, 0.4) is 0 Å². The van der Waals surface area contributed by atoms with Crippen LogP contribution < -0.4 is 10.1 Å². The molecule has 0 bridgehead atoms. The van der Waals surface area contributed by atoms with Crippen LogP contribution >= 0.6 is 23.2 Å². The van der Waals surface area contributed by atoms with Gasteiger partial charge in [-0.2, -0.15) is 0 Å². The number of halogens is 2. The van der Waals surface area contributed by atoms with Crippen LogP contribution in [-0.2, 0) is 0 Å². The van der Waals surface area contributed by atoms with Crippen molar-refractivity contribution in [3.05, 3.63) is 40.4 Å². The van der Waals surface area contributed by atoms with E-state index in [0.29, 0.717) is 10.0 Å². The standard InChI is InChI=1S/C15H15Cl2NO/c16-13-8-14(17)15(12-6-2-1-5-11(12)13)19-10-4-3-7-18-9-10/h1-2,5-6,8,10,18H,3-4,7,9H2/t10-/m1/s1. The van der Waals surface area contributed by atoms with Gasteiger partial charge in [0.15, 0.2) is 0 Å². The topological polar surface area (TPSA) is 21.3 Å². The molecule has 1 fully saturated rings. The fourth-order valence-corrected chi connectivity index (χ4v) is 3.06.